The lowest BCUT2D eigenvalue weighted by Gasteiger charge is -2.15. The molecule has 4 heteroatoms. The number of hydrogen-bond acceptors (Lipinski definition) is 3. The maximum Gasteiger partial charge on any atom is 0.222 e. The number of carbonyl (C=O) groups excluding carboxylic acids is 1. The molecule has 0 bridgehead atoms. The Kier molecular flexibility index (Phi) is 5.92. The lowest BCUT2D eigenvalue weighted by molar-refractivity contribution is -0.128. The number of methoxy groups -OCH3 is 1. The van der Waals surface area contributed by atoms with Crippen LogP contribution in [0, 0.1) is 5.41 Å². The zero-order chi connectivity index (χ0) is 12.7. The molecule has 0 heterocycles. The lowest BCUT2D eigenvalue weighted by atomic mass is 10.0. The second-order valence-corrected chi connectivity index (χ2v) is 5.31. The van der Waals surface area contributed by atoms with E-state index in [-0.39, 0.29) is 5.91 Å². The molecule has 1 aliphatic rings. The molecular weight excluding hydrogens is 216 g/mol. The summed E-state index contributed by atoms with van der Waals surface area (Å²) in [6.07, 6.45) is 5.37. The molecule has 1 N–H and O–H groups in total. The number of ether oxygens (including phenoxy) is 1. The van der Waals surface area contributed by atoms with E-state index in [1.165, 1.54) is 12.8 Å². The van der Waals surface area contributed by atoms with Crippen LogP contribution in [0.15, 0.2) is 0 Å². The van der Waals surface area contributed by atoms with Crippen LogP contribution >= 0.6 is 0 Å². The Morgan fingerprint density at radius 3 is 2.65 bits per heavy atom. The average Bonchev–Trinajstić information content (AvgIpc) is 3.06. The molecule has 1 fully saturated rings. The minimum Gasteiger partial charge on any atom is -0.385 e. The Labute approximate surface area is 105 Å². The number of amides is 1. The van der Waals surface area contributed by atoms with Gasteiger partial charge in [-0.2, -0.15) is 0 Å². The Hall–Kier alpha value is -0.610. The van der Waals surface area contributed by atoms with Gasteiger partial charge in [0.2, 0.25) is 5.91 Å². The molecule has 0 unspecified atom stereocenters. The second kappa shape index (κ2) is 6.97. The Bertz CT molecular complexity index is 238. The maximum absolute atomic E-state index is 11.3. The number of carbonyl (C=O) groups is 1. The van der Waals surface area contributed by atoms with E-state index in [0.29, 0.717) is 11.8 Å². The van der Waals surface area contributed by atoms with Gasteiger partial charge < -0.3 is 15.0 Å². The average molecular weight is 242 g/mol. The van der Waals surface area contributed by atoms with Gasteiger partial charge in [0.25, 0.3) is 0 Å². The Morgan fingerprint density at radius 2 is 2.12 bits per heavy atom. The smallest absolute Gasteiger partial charge is 0.222 e. The predicted molar refractivity (Wildman–Crippen MR) is 69.0 cm³/mol. The van der Waals surface area contributed by atoms with Crippen molar-refractivity contribution in [1.82, 2.24) is 10.2 Å². The van der Waals surface area contributed by atoms with Crippen LogP contribution in [0.1, 0.15) is 32.1 Å². The first-order chi connectivity index (χ1) is 8.09. The number of nitrogens with one attached hydrogen (secondary N) is 1. The van der Waals surface area contributed by atoms with Crippen molar-refractivity contribution in [1.29, 1.82) is 0 Å². The summed E-state index contributed by atoms with van der Waals surface area (Å²) in [6.45, 7) is 2.88. The van der Waals surface area contributed by atoms with Crippen LogP contribution in [0.5, 0.6) is 0 Å². The molecule has 1 aliphatic carbocycles. The van der Waals surface area contributed by atoms with Gasteiger partial charge in [-0.15, -0.1) is 0 Å². The SMILES string of the molecule is COCCC1(CNCCCC(=O)N(C)C)CC1. The molecule has 4 nitrogen and oxygen atoms in total. The van der Waals surface area contributed by atoms with Crippen molar-refractivity contribution >= 4 is 5.91 Å². The summed E-state index contributed by atoms with van der Waals surface area (Å²) in [7, 11) is 5.37. The summed E-state index contributed by atoms with van der Waals surface area (Å²) in [5.74, 6) is 0.215. The highest BCUT2D eigenvalue weighted by atomic mass is 16.5. The highest BCUT2D eigenvalue weighted by molar-refractivity contribution is 5.75. The normalized spacial score (nSPS) is 16.9. The van der Waals surface area contributed by atoms with Gasteiger partial charge in [0.05, 0.1) is 0 Å². The van der Waals surface area contributed by atoms with Gasteiger partial charge in [-0.3, -0.25) is 4.79 Å². The molecule has 0 aromatic carbocycles. The molecule has 1 saturated carbocycles. The van der Waals surface area contributed by atoms with Crippen molar-refractivity contribution < 1.29 is 9.53 Å². The van der Waals surface area contributed by atoms with Crippen molar-refractivity contribution in [3.8, 4) is 0 Å². The summed E-state index contributed by atoms with van der Waals surface area (Å²) in [5, 5.41) is 3.47. The van der Waals surface area contributed by atoms with Crippen molar-refractivity contribution in [2.75, 3.05) is 40.9 Å². The summed E-state index contributed by atoms with van der Waals surface area (Å²) in [5.41, 5.74) is 0.502. The van der Waals surface area contributed by atoms with Crippen LogP contribution in [0.4, 0.5) is 0 Å². The first-order valence-electron chi connectivity index (χ1n) is 6.49. The number of rotatable bonds is 9. The molecule has 1 amide bonds. The van der Waals surface area contributed by atoms with Gasteiger partial charge in [0.1, 0.15) is 0 Å². The highest BCUT2D eigenvalue weighted by Crippen LogP contribution is 2.48. The molecule has 0 aromatic rings. The molecule has 0 atom stereocenters. The standard InChI is InChI=1S/C13H26N2O2/c1-15(2)12(16)5-4-9-14-11-13(6-7-13)8-10-17-3/h14H,4-11H2,1-3H3. The summed E-state index contributed by atoms with van der Waals surface area (Å²) in [6, 6.07) is 0. The molecule has 1 rings (SSSR count). The topological polar surface area (TPSA) is 41.6 Å². The molecular formula is C13H26N2O2. The van der Waals surface area contributed by atoms with E-state index < -0.39 is 0 Å². The van der Waals surface area contributed by atoms with Gasteiger partial charge in [0, 0.05) is 40.8 Å². The maximum atomic E-state index is 11.3. The Balaban J connectivity index is 1.99. The van der Waals surface area contributed by atoms with E-state index in [1.54, 1.807) is 26.1 Å². The zero-order valence-electron chi connectivity index (χ0n) is 11.4. The summed E-state index contributed by atoms with van der Waals surface area (Å²) < 4.78 is 5.13. The lowest BCUT2D eigenvalue weighted by Crippen LogP contribution is -2.27. The minimum absolute atomic E-state index is 0.215. The summed E-state index contributed by atoms with van der Waals surface area (Å²) >= 11 is 0. The fraction of sp³-hybridized carbons (Fsp3) is 0.923. The van der Waals surface area contributed by atoms with Gasteiger partial charge in [-0.25, -0.2) is 0 Å². The highest BCUT2D eigenvalue weighted by Gasteiger charge is 2.41. The van der Waals surface area contributed by atoms with E-state index >= 15 is 0 Å². The number of hydrogen-bond donors (Lipinski definition) is 1. The van der Waals surface area contributed by atoms with Gasteiger partial charge >= 0.3 is 0 Å². The largest absolute Gasteiger partial charge is 0.385 e. The zero-order valence-corrected chi connectivity index (χ0v) is 11.4. The molecule has 0 aliphatic heterocycles. The molecule has 17 heavy (non-hydrogen) atoms. The van der Waals surface area contributed by atoms with E-state index in [4.69, 9.17) is 4.74 Å². The fourth-order valence-electron chi connectivity index (χ4n) is 1.95. The van der Waals surface area contributed by atoms with Gasteiger partial charge in [-0.05, 0) is 37.6 Å². The van der Waals surface area contributed by atoms with Crippen LogP contribution in [0.2, 0.25) is 0 Å². The van der Waals surface area contributed by atoms with Crippen LogP contribution in [-0.2, 0) is 9.53 Å². The number of nitrogens with zero attached hydrogens (tertiary/aromatic N) is 1. The van der Waals surface area contributed by atoms with Crippen LogP contribution in [0.3, 0.4) is 0 Å². The first-order valence-corrected chi connectivity index (χ1v) is 6.49. The first kappa shape index (κ1) is 14.5. The fourth-order valence-corrected chi connectivity index (χ4v) is 1.95. The Morgan fingerprint density at radius 1 is 1.41 bits per heavy atom. The van der Waals surface area contributed by atoms with Crippen LogP contribution in [-0.4, -0.2) is 51.7 Å². The molecule has 100 valence electrons. The molecule has 0 spiro atoms. The van der Waals surface area contributed by atoms with E-state index in [1.807, 2.05) is 0 Å². The van der Waals surface area contributed by atoms with Crippen LogP contribution in [0.25, 0.3) is 0 Å². The van der Waals surface area contributed by atoms with Crippen LogP contribution < -0.4 is 5.32 Å². The van der Waals surface area contributed by atoms with E-state index in [2.05, 4.69) is 5.32 Å². The third-order valence-electron chi connectivity index (χ3n) is 3.54. The molecule has 0 aromatic heterocycles. The molecule has 0 radical (unpaired) electrons. The van der Waals surface area contributed by atoms with E-state index in [9.17, 15) is 4.79 Å². The molecule has 0 saturated heterocycles. The van der Waals surface area contributed by atoms with Gasteiger partial charge in [0.15, 0.2) is 0 Å². The minimum atomic E-state index is 0.215. The van der Waals surface area contributed by atoms with Crippen molar-refractivity contribution in [3.05, 3.63) is 0 Å². The van der Waals surface area contributed by atoms with E-state index in [0.717, 1.165) is 32.5 Å². The van der Waals surface area contributed by atoms with Crippen molar-refractivity contribution in [2.24, 2.45) is 5.41 Å². The van der Waals surface area contributed by atoms with Crippen molar-refractivity contribution in [2.45, 2.75) is 32.1 Å². The van der Waals surface area contributed by atoms with Crippen molar-refractivity contribution in [3.63, 3.8) is 0 Å². The quantitative estimate of drug-likeness (QED) is 0.619. The third kappa shape index (κ3) is 5.50. The monoisotopic (exact) mass is 242 g/mol. The summed E-state index contributed by atoms with van der Waals surface area (Å²) in [4.78, 5) is 13.0. The second-order valence-electron chi connectivity index (χ2n) is 5.31. The predicted octanol–water partition coefficient (Wildman–Crippen LogP) is 1.26. The third-order valence-corrected chi connectivity index (χ3v) is 3.54. The van der Waals surface area contributed by atoms with Gasteiger partial charge in [-0.1, -0.05) is 0 Å².